The van der Waals surface area contributed by atoms with Crippen molar-refractivity contribution in [2.45, 2.75) is 0 Å². The van der Waals surface area contributed by atoms with Crippen LogP contribution in [0, 0.1) is 0 Å². The summed E-state index contributed by atoms with van der Waals surface area (Å²) in [6.07, 6.45) is 0. The maximum atomic E-state index is 5.27. The molecule has 0 radical (unpaired) electrons. The van der Waals surface area contributed by atoms with Gasteiger partial charge >= 0.3 is 41.7 Å². The monoisotopic (exact) mass is 149 g/mol. The quantitative estimate of drug-likeness (QED) is 0.432. The molecule has 0 rings (SSSR count). The van der Waals surface area contributed by atoms with E-state index in [0.29, 0.717) is 0 Å². The Hall–Kier alpha value is 1.51. The van der Waals surface area contributed by atoms with Crippen LogP contribution in [-0.2, 0) is 15.0 Å². The summed E-state index contributed by atoms with van der Waals surface area (Å²) in [7, 11) is 11.6. The summed E-state index contributed by atoms with van der Waals surface area (Å²) in [5, 5.41) is 0. The number of hydrogen-bond acceptors (Lipinski definition) is 0. The van der Waals surface area contributed by atoms with Gasteiger partial charge in [-0.05, 0) is 0 Å². The Labute approximate surface area is 41.7 Å². The van der Waals surface area contributed by atoms with Crippen molar-refractivity contribution in [3.63, 3.8) is 0 Å². The van der Waals surface area contributed by atoms with Gasteiger partial charge in [0.1, 0.15) is 0 Å². The minimum atomic E-state index is -1.25. The third kappa shape index (κ3) is 9.70. The molecule has 0 aromatic carbocycles. The normalized spacial score (nSPS) is 7.50. The third-order valence-electron chi connectivity index (χ3n) is 0. The first-order valence-electron chi connectivity index (χ1n) is 0.878. The fourth-order valence-electron chi connectivity index (χ4n) is 0. The van der Waals surface area contributed by atoms with E-state index >= 15 is 0 Å². The SMILES string of the molecule is [SiH3][Ti]([Cl])[Cl]. The molecular formula is H3Cl2SiTi. The van der Waals surface area contributed by atoms with Gasteiger partial charge in [-0.1, -0.05) is 0 Å². The first-order chi connectivity index (χ1) is 1.73. The molecule has 0 N–H and O–H groups in total. The third-order valence-corrected chi connectivity index (χ3v) is 0. The molecule has 0 fully saturated rings. The van der Waals surface area contributed by atoms with Crippen LogP contribution in [0.25, 0.3) is 0 Å². The average molecular weight is 150 g/mol. The van der Waals surface area contributed by atoms with Gasteiger partial charge in [-0.3, -0.25) is 0 Å². The second-order valence-corrected chi connectivity index (χ2v) is 16.7. The molecule has 0 saturated heterocycles. The summed E-state index contributed by atoms with van der Waals surface area (Å²) in [5.74, 6) is 0. The van der Waals surface area contributed by atoms with Crippen molar-refractivity contribution in [2.24, 2.45) is 0 Å². The van der Waals surface area contributed by atoms with Gasteiger partial charge in [0.25, 0.3) is 0 Å². The number of halogens is 2. The van der Waals surface area contributed by atoms with Crippen LogP contribution in [0.1, 0.15) is 0 Å². The Morgan fingerprint density at radius 1 is 1.50 bits per heavy atom. The van der Waals surface area contributed by atoms with Crippen LogP contribution in [-0.4, -0.2) is 8.11 Å². The van der Waals surface area contributed by atoms with Crippen molar-refractivity contribution < 1.29 is 15.0 Å². The minimum absolute atomic E-state index is 1.05. The molecule has 4 heteroatoms. The molecule has 0 atom stereocenters. The summed E-state index contributed by atoms with van der Waals surface area (Å²) < 4.78 is 0. The van der Waals surface area contributed by atoms with Gasteiger partial charge in [0, 0.05) is 0 Å². The van der Waals surface area contributed by atoms with Crippen molar-refractivity contribution in [1.29, 1.82) is 0 Å². The van der Waals surface area contributed by atoms with E-state index in [1.165, 1.54) is 0 Å². The van der Waals surface area contributed by atoms with Gasteiger partial charge in [-0.25, -0.2) is 0 Å². The van der Waals surface area contributed by atoms with E-state index in [4.69, 9.17) is 18.6 Å². The Morgan fingerprint density at radius 3 is 1.50 bits per heavy atom. The van der Waals surface area contributed by atoms with Gasteiger partial charge in [-0.2, -0.15) is 0 Å². The van der Waals surface area contributed by atoms with E-state index in [2.05, 4.69) is 0 Å². The van der Waals surface area contributed by atoms with Crippen molar-refractivity contribution >= 4 is 26.7 Å². The van der Waals surface area contributed by atoms with E-state index in [0.717, 1.165) is 8.11 Å². The Balaban J connectivity index is 2.32. The number of hydrogen-bond donors (Lipinski definition) is 0. The molecule has 0 saturated carbocycles. The van der Waals surface area contributed by atoms with Gasteiger partial charge in [0.2, 0.25) is 0 Å². The summed E-state index contributed by atoms with van der Waals surface area (Å²) in [6, 6.07) is 0. The molecule has 4 heavy (non-hydrogen) atoms. The number of rotatable bonds is 0. The van der Waals surface area contributed by atoms with Crippen molar-refractivity contribution in [2.75, 3.05) is 0 Å². The predicted molar refractivity (Wildman–Crippen MR) is 21.6 cm³/mol. The molecule has 25 valence electrons. The van der Waals surface area contributed by atoms with Crippen LogP contribution in [0.15, 0.2) is 0 Å². The summed E-state index contributed by atoms with van der Waals surface area (Å²) in [5.41, 5.74) is 0. The second kappa shape index (κ2) is 2.73. The molecule has 0 heterocycles. The fraction of sp³-hybridized carbons (Fsp3) is 0. The van der Waals surface area contributed by atoms with E-state index in [-0.39, 0.29) is 0 Å². The molecule has 0 aliphatic heterocycles. The van der Waals surface area contributed by atoms with Crippen LogP contribution < -0.4 is 0 Å². The molecule has 0 aliphatic rings. The van der Waals surface area contributed by atoms with Gasteiger partial charge in [0.15, 0.2) is 0 Å². The summed E-state index contributed by atoms with van der Waals surface area (Å²) >= 11 is -1.25. The molecule has 0 aliphatic carbocycles. The topological polar surface area (TPSA) is 0 Å². The zero-order valence-electron chi connectivity index (χ0n) is 2.26. The summed E-state index contributed by atoms with van der Waals surface area (Å²) in [4.78, 5) is 0. The van der Waals surface area contributed by atoms with E-state index in [9.17, 15) is 0 Å². The van der Waals surface area contributed by atoms with Gasteiger partial charge < -0.3 is 0 Å². The zero-order chi connectivity index (χ0) is 3.58. The van der Waals surface area contributed by atoms with E-state index < -0.39 is 15.0 Å². The summed E-state index contributed by atoms with van der Waals surface area (Å²) in [6.45, 7) is 0. The maximum absolute atomic E-state index is 5.27. The molecule has 0 bridgehead atoms. The van der Waals surface area contributed by atoms with E-state index in [1.54, 1.807) is 0 Å². The van der Waals surface area contributed by atoms with Crippen LogP contribution in [0.4, 0.5) is 0 Å². The molecular weight excluding hydrogens is 147 g/mol. The first kappa shape index (κ1) is 5.51. The second-order valence-electron chi connectivity index (χ2n) is 0.449. The van der Waals surface area contributed by atoms with Crippen molar-refractivity contribution in [3.05, 3.63) is 0 Å². The van der Waals surface area contributed by atoms with Crippen LogP contribution in [0.5, 0.6) is 0 Å². The molecule has 0 nitrogen and oxygen atoms in total. The first-order valence-corrected chi connectivity index (χ1v) is 10.9. The Morgan fingerprint density at radius 2 is 1.50 bits per heavy atom. The average Bonchev–Trinajstić information content (AvgIpc) is 0.811. The van der Waals surface area contributed by atoms with E-state index in [1.807, 2.05) is 0 Å². The van der Waals surface area contributed by atoms with Crippen molar-refractivity contribution in [1.82, 2.24) is 0 Å². The molecule has 0 aromatic rings. The zero-order valence-corrected chi connectivity index (χ0v) is 7.33. The molecule has 0 aromatic heterocycles. The molecule has 0 unspecified atom stereocenters. The van der Waals surface area contributed by atoms with Gasteiger partial charge in [0.05, 0.1) is 0 Å². The van der Waals surface area contributed by atoms with Crippen LogP contribution in [0.3, 0.4) is 0 Å². The van der Waals surface area contributed by atoms with Gasteiger partial charge in [-0.15, -0.1) is 0 Å². The Bertz CT molecular complexity index is 10.8. The van der Waals surface area contributed by atoms with Crippen molar-refractivity contribution in [3.8, 4) is 0 Å². The van der Waals surface area contributed by atoms with Crippen LogP contribution >= 0.6 is 18.6 Å². The molecule has 0 spiro atoms. The predicted octanol–water partition coefficient (Wildman–Crippen LogP) is 0.193. The standard InChI is InChI=1S/2ClH.H3Si.Ti/h2*1H;1H3;/q;;;+2/p-2. The Kier molecular flexibility index (Phi) is 3.77. The van der Waals surface area contributed by atoms with Crippen LogP contribution in [0.2, 0.25) is 0 Å². The molecule has 0 amide bonds. The fourth-order valence-corrected chi connectivity index (χ4v) is 0.